The SMILES string of the molecule is CCCCC(CC)CSC(=S)N(CC(CC)CCCC)c1ccccc1.[Zn]. The number of anilines is 1. The first kappa shape index (κ1) is 27.1. The Balaban J connectivity index is 0.00000676. The van der Waals surface area contributed by atoms with E-state index in [0.29, 0.717) is 0 Å². The maximum Gasteiger partial charge on any atom is 0.140 e. The van der Waals surface area contributed by atoms with Crippen molar-refractivity contribution >= 4 is 34.0 Å². The van der Waals surface area contributed by atoms with E-state index in [9.17, 15) is 0 Å². The molecule has 0 aliphatic rings. The zero-order valence-corrected chi connectivity index (χ0v) is 22.7. The van der Waals surface area contributed by atoms with Crippen molar-refractivity contribution < 1.29 is 19.5 Å². The number of unbranched alkanes of at least 4 members (excludes halogenated alkanes) is 2. The molecule has 0 N–H and O–H groups in total. The van der Waals surface area contributed by atoms with E-state index >= 15 is 0 Å². The van der Waals surface area contributed by atoms with Crippen LogP contribution in [0.25, 0.3) is 0 Å². The molecule has 0 bridgehead atoms. The Morgan fingerprint density at radius 2 is 1.48 bits per heavy atom. The minimum atomic E-state index is 0. The molecule has 27 heavy (non-hydrogen) atoms. The summed E-state index contributed by atoms with van der Waals surface area (Å²) in [5.74, 6) is 2.66. The number of rotatable bonds is 13. The number of nitrogens with zero attached hydrogens (tertiary/aromatic N) is 1. The largest absolute Gasteiger partial charge is 0.327 e. The number of hydrogen-bond acceptors (Lipinski definition) is 2. The van der Waals surface area contributed by atoms with Crippen LogP contribution in [0.4, 0.5) is 5.69 Å². The molecule has 1 aromatic rings. The summed E-state index contributed by atoms with van der Waals surface area (Å²) in [6.07, 6.45) is 10.3. The third-order valence-corrected chi connectivity index (χ3v) is 6.94. The van der Waals surface area contributed by atoms with Crippen LogP contribution in [0.2, 0.25) is 0 Å². The molecule has 0 heterocycles. The summed E-state index contributed by atoms with van der Waals surface area (Å²) in [5.41, 5.74) is 1.25. The average molecular weight is 459 g/mol. The maximum absolute atomic E-state index is 5.90. The summed E-state index contributed by atoms with van der Waals surface area (Å²) in [6, 6.07) is 10.7. The summed E-state index contributed by atoms with van der Waals surface area (Å²) in [5, 5.41) is 0. The molecular weight excluding hydrogens is 420 g/mol. The van der Waals surface area contributed by atoms with Crippen LogP contribution in [-0.4, -0.2) is 16.6 Å². The predicted octanol–water partition coefficient (Wildman–Crippen LogP) is 7.94. The van der Waals surface area contributed by atoms with E-state index in [2.05, 4.69) is 62.9 Å². The molecular formula is C23H39NS2Zn. The number of benzene rings is 1. The first-order chi connectivity index (χ1) is 12.7. The molecule has 2 unspecified atom stereocenters. The van der Waals surface area contributed by atoms with E-state index in [1.807, 2.05) is 11.8 Å². The van der Waals surface area contributed by atoms with Gasteiger partial charge in [-0.05, 0) is 36.8 Å². The van der Waals surface area contributed by atoms with Crippen LogP contribution in [0.5, 0.6) is 0 Å². The van der Waals surface area contributed by atoms with Crippen LogP contribution in [-0.2, 0) is 19.5 Å². The molecule has 0 amide bonds. The molecule has 2 atom stereocenters. The van der Waals surface area contributed by atoms with Gasteiger partial charge in [-0.15, -0.1) is 0 Å². The van der Waals surface area contributed by atoms with Crippen molar-refractivity contribution in [3.05, 3.63) is 30.3 Å². The van der Waals surface area contributed by atoms with Crippen molar-refractivity contribution in [2.24, 2.45) is 11.8 Å². The van der Waals surface area contributed by atoms with Gasteiger partial charge in [-0.2, -0.15) is 0 Å². The molecule has 1 rings (SSSR count). The standard InChI is InChI=1S/C23H39NS2.Zn/c1-5-9-14-20(7-3)18-24(22-16-12-11-13-17-22)23(25)26-19-21(8-4)15-10-6-2;/h11-13,16-17,20-21H,5-10,14-15,18-19H2,1-4H3;. The molecule has 0 saturated heterocycles. The van der Waals surface area contributed by atoms with Crippen molar-refractivity contribution in [2.75, 3.05) is 17.2 Å². The number of hydrogen-bond donors (Lipinski definition) is 0. The second kappa shape index (κ2) is 17.0. The molecule has 0 aromatic heterocycles. The van der Waals surface area contributed by atoms with E-state index in [-0.39, 0.29) is 19.5 Å². The minimum Gasteiger partial charge on any atom is -0.327 e. The van der Waals surface area contributed by atoms with Crippen molar-refractivity contribution in [1.82, 2.24) is 0 Å². The van der Waals surface area contributed by atoms with Gasteiger partial charge >= 0.3 is 0 Å². The fourth-order valence-electron chi connectivity index (χ4n) is 3.23. The first-order valence-electron chi connectivity index (χ1n) is 10.6. The van der Waals surface area contributed by atoms with Gasteiger partial charge < -0.3 is 4.90 Å². The average Bonchev–Trinajstić information content (AvgIpc) is 2.69. The van der Waals surface area contributed by atoms with Gasteiger partial charge in [0.25, 0.3) is 0 Å². The molecule has 0 aliphatic carbocycles. The molecule has 150 valence electrons. The van der Waals surface area contributed by atoms with Gasteiger partial charge in [0.1, 0.15) is 4.32 Å². The zero-order valence-electron chi connectivity index (χ0n) is 18.1. The van der Waals surface area contributed by atoms with Crippen LogP contribution in [0.1, 0.15) is 79.1 Å². The Bertz CT molecular complexity index is 481. The van der Waals surface area contributed by atoms with Crippen LogP contribution < -0.4 is 4.90 Å². The van der Waals surface area contributed by atoms with Crippen LogP contribution in [0.3, 0.4) is 0 Å². The van der Waals surface area contributed by atoms with Gasteiger partial charge in [-0.3, -0.25) is 0 Å². The van der Waals surface area contributed by atoms with E-state index in [1.54, 1.807) is 0 Å². The fourth-order valence-corrected chi connectivity index (χ4v) is 4.73. The quantitative estimate of drug-likeness (QED) is 0.218. The number of thioether (sulfide) groups is 1. The van der Waals surface area contributed by atoms with Gasteiger partial charge in [0.2, 0.25) is 0 Å². The Kier molecular flexibility index (Phi) is 17.0. The molecule has 4 heteroatoms. The second-order valence-corrected chi connectivity index (χ2v) is 9.01. The monoisotopic (exact) mass is 457 g/mol. The third-order valence-electron chi connectivity index (χ3n) is 5.26. The third kappa shape index (κ3) is 11.0. The first-order valence-corrected chi connectivity index (χ1v) is 12.0. The Morgan fingerprint density at radius 3 is 2.00 bits per heavy atom. The van der Waals surface area contributed by atoms with Crippen LogP contribution >= 0.6 is 24.0 Å². The van der Waals surface area contributed by atoms with Crippen LogP contribution in [0.15, 0.2) is 30.3 Å². The summed E-state index contributed by atoms with van der Waals surface area (Å²) >= 11 is 7.80. The Hall–Kier alpha value is 0.0834. The summed E-state index contributed by atoms with van der Waals surface area (Å²) < 4.78 is 1.06. The number of para-hydroxylation sites is 1. The van der Waals surface area contributed by atoms with Gasteiger partial charge in [-0.1, -0.05) is 108 Å². The van der Waals surface area contributed by atoms with Crippen molar-refractivity contribution in [1.29, 1.82) is 0 Å². The van der Waals surface area contributed by atoms with Crippen molar-refractivity contribution in [3.8, 4) is 0 Å². The minimum absolute atomic E-state index is 0. The smallest absolute Gasteiger partial charge is 0.140 e. The van der Waals surface area contributed by atoms with E-state index < -0.39 is 0 Å². The fraction of sp³-hybridized carbons (Fsp3) is 0.696. The summed E-state index contributed by atoms with van der Waals surface area (Å²) in [4.78, 5) is 2.40. The van der Waals surface area contributed by atoms with E-state index in [4.69, 9.17) is 12.2 Å². The zero-order chi connectivity index (χ0) is 19.2. The number of thiocarbonyl (C=S) groups is 1. The molecule has 0 radical (unpaired) electrons. The predicted molar refractivity (Wildman–Crippen MR) is 125 cm³/mol. The van der Waals surface area contributed by atoms with Crippen molar-refractivity contribution in [2.45, 2.75) is 79.1 Å². The maximum atomic E-state index is 5.90. The molecule has 1 aromatic carbocycles. The molecule has 0 spiro atoms. The molecule has 0 aliphatic heterocycles. The van der Waals surface area contributed by atoms with Gasteiger partial charge in [0.15, 0.2) is 0 Å². The summed E-state index contributed by atoms with van der Waals surface area (Å²) in [6.45, 7) is 10.2. The van der Waals surface area contributed by atoms with E-state index in [1.165, 1.54) is 57.1 Å². The Labute approximate surface area is 191 Å². The second-order valence-electron chi connectivity index (χ2n) is 7.36. The van der Waals surface area contributed by atoms with Gasteiger partial charge in [0, 0.05) is 37.5 Å². The Morgan fingerprint density at radius 1 is 0.926 bits per heavy atom. The van der Waals surface area contributed by atoms with Crippen LogP contribution in [0, 0.1) is 11.8 Å². The normalized spacial score (nSPS) is 12.9. The molecule has 0 fully saturated rings. The van der Waals surface area contributed by atoms with E-state index in [0.717, 1.165) is 28.5 Å². The molecule has 1 nitrogen and oxygen atoms in total. The summed E-state index contributed by atoms with van der Waals surface area (Å²) in [7, 11) is 0. The van der Waals surface area contributed by atoms with Gasteiger partial charge in [0.05, 0.1) is 0 Å². The van der Waals surface area contributed by atoms with Crippen molar-refractivity contribution in [3.63, 3.8) is 0 Å². The molecule has 0 saturated carbocycles. The van der Waals surface area contributed by atoms with Gasteiger partial charge in [-0.25, -0.2) is 0 Å². The topological polar surface area (TPSA) is 3.24 Å².